The number of carbonyl (C=O) groups is 4. The van der Waals surface area contributed by atoms with E-state index in [1.54, 1.807) is 12.2 Å². The molecular weight excluding hydrogens is 682 g/mol. The van der Waals surface area contributed by atoms with Gasteiger partial charge < -0.3 is 20.8 Å². The number of benzene rings is 2. The van der Waals surface area contributed by atoms with Gasteiger partial charge in [0, 0.05) is 23.5 Å². The summed E-state index contributed by atoms with van der Waals surface area (Å²) in [6.07, 6.45) is 11.1. The number of carbonyl (C=O) groups excluding carboxylic acids is 2. The van der Waals surface area contributed by atoms with E-state index in [2.05, 4.69) is 13.2 Å². The fourth-order valence-corrected chi connectivity index (χ4v) is 4.86. The number of carboxylic acid groups (broad SMARTS) is 2. The van der Waals surface area contributed by atoms with E-state index in [1.165, 1.54) is 24.6 Å². The molecular formula is C34H38N2O9V2. The molecule has 2 aliphatic rings. The van der Waals surface area contributed by atoms with E-state index in [9.17, 15) is 36.7 Å². The van der Waals surface area contributed by atoms with Crippen molar-refractivity contribution in [2.75, 3.05) is 0 Å². The number of nitrogens with one attached hydrogen (secondary N) is 2. The molecule has 0 radical (unpaired) electrons. The molecule has 2 aromatic carbocycles. The molecule has 4 atom stereocenters. The third-order valence-corrected chi connectivity index (χ3v) is 8.77. The first kappa shape index (κ1) is 39.2. The zero-order valence-electron chi connectivity index (χ0n) is 26.5. The molecule has 4 N–H and O–H groups in total. The van der Waals surface area contributed by atoms with Gasteiger partial charge in [0.05, 0.1) is 0 Å². The number of fused-ring (bicyclic) bond motifs is 2. The van der Waals surface area contributed by atoms with Crippen molar-refractivity contribution < 1.29 is 72.5 Å². The van der Waals surface area contributed by atoms with Gasteiger partial charge in [-0.15, -0.1) is 0 Å². The van der Waals surface area contributed by atoms with Crippen LogP contribution in [0.5, 0.6) is 0 Å². The first-order valence-corrected chi connectivity index (χ1v) is 17.1. The van der Waals surface area contributed by atoms with Gasteiger partial charge in [0.2, 0.25) is 0 Å². The molecule has 0 bridgehead atoms. The zero-order valence-corrected chi connectivity index (χ0v) is 29.2. The van der Waals surface area contributed by atoms with Gasteiger partial charge in [0.25, 0.3) is 0 Å². The Morgan fingerprint density at radius 2 is 1.06 bits per heavy atom. The van der Waals surface area contributed by atoms with Gasteiger partial charge in [-0.1, -0.05) is 101 Å². The quantitative estimate of drug-likeness (QED) is 0.214. The first-order chi connectivity index (χ1) is 22.5. The van der Waals surface area contributed by atoms with Crippen molar-refractivity contribution >= 4 is 46.8 Å². The van der Waals surface area contributed by atoms with Crippen LogP contribution in [-0.4, -0.2) is 45.8 Å². The van der Waals surface area contributed by atoms with Gasteiger partial charge in [-0.25, -0.2) is 9.59 Å². The van der Waals surface area contributed by atoms with Crippen molar-refractivity contribution in [2.45, 2.75) is 52.6 Å². The molecule has 0 unspecified atom stereocenters. The molecule has 248 valence electrons. The van der Waals surface area contributed by atoms with E-state index in [0.717, 1.165) is 35.1 Å². The van der Waals surface area contributed by atoms with Gasteiger partial charge in [0.15, 0.2) is 11.6 Å². The van der Waals surface area contributed by atoms with Crippen molar-refractivity contribution in [3.8, 4) is 0 Å². The van der Waals surface area contributed by atoms with Crippen LogP contribution in [0.1, 0.15) is 62.8 Å². The van der Waals surface area contributed by atoms with E-state index in [0.29, 0.717) is 11.1 Å². The Labute approximate surface area is 288 Å². The fraction of sp³-hybridized carbons (Fsp3) is 0.294. The van der Waals surface area contributed by atoms with Crippen molar-refractivity contribution in [1.29, 1.82) is 0 Å². The minimum absolute atomic E-state index is 0.0242. The molecule has 0 saturated carbocycles. The van der Waals surface area contributed by atoms with Crippen molar-refractivity contribution in [3.05, 3.63) is 95.3 Å². The number of ketones is 2. The monoisotopic (exact) mass is 720 g/mol. The van der Waals surface area contributed by atoms with Crippen LogP contribution >= 0.6 is 0 Å². The van der Waals surface area contributed by atoms with Crippen LogP contribution in [0.2, 0.25) is 0 Å². The number of rotatable bonds is 12. The van der Waals surface area contributed by atoms with Gasteiger partial charge >= 0.3 is 55.0 Å². The molecule has 0 saturated heterocycles. The topological polar surface area (TPSA) is 176 Å². The third kappa shape index (κ3) is 11.6. The Bertz CT molecular complexity index is 1470. The average Bonchev–Trinajstić information content (AvgIpc) is 3.07. The second kappa shape index (κ2) is 20.3. The number of hydrogen-bond acceptors (Lipinski definition) is 9. The molecule has 13 heteroatoms. The predicted octanol–water partition coefficient (Wildman–Crippen LogP) is 5.11. The number of aliphatic carboxylic acids is 2. The SMILES string of the molecule is CC[C@H](C)[C@H](N/C=C1\C(=O)C=Cc2ccccc21)C(=O)O.CC[C@H](C)[C@H](N/C=C1\C(=O)C=Cc2ccccc21)C(=O)O.[O]=[V][O][V]=[O]. The summed E-state index contributed by atoms with van der Waals surface area (Å²) in [6, 6.07) is 13.7. The maximum absolute atomic E-state index is 12.0. The van der Waals surface area contributed by atoms with E-state index >= 15 is 0 Å². The molecule has 4 rings (SSSR count). The average molecular weight is 721 g/mol. The van der Waals surface area contributed by atoms with Crippen LogP contribution in [0.3, 0.4) is 0 Å². The van der Waals surface area contributed by atoms with Gasteiger partial charge in [-0.3, -0.25) is 9.59 Å². The van der Waals surface area contributed by atoms with Crippen molar-refractivity contribution in [2.24, 2.45) is 11.8 Å². The van der Waals surface area contributed by atoms with Crippen molar-refractivity contribution in [3.63, 3.8) is 0 Å². The summed E-state index contributed by atoms with van der Waals surface area (Å²) in [6.45, 7) is 7.64. The molecule has 11 nitrogen and oxygen atoms in total. The van der Waals surface area contributed by atoms with Crippen LogP contribution in [-0.2, 0) is 62.3 Å². The van der Waals surface area contributed by atoms with E-state index < -0.39 is 57.2 Å². The first-order valence-electron chi connectivity index (χ1n) is 14.8. The summed E-state index contributed by atoms with van der Waals surface area (Å²) < 4.78 is 22.4. The van der Waals surface area contributed by atoms with Gasteiger partial charge in [-0.2, -0.15) is 0 Å². The van der Waals surface area contributed by atoms with Crippen LogP contribution < -0.4 is 10.6 Å². The molecule has 0 fully saturated rings. The van der Waals surface area contributed by atoms with E-state index in [1.807, 2.05) is 76.2 Å². The Morgan fingerprint density at radius 1 is 0.702 bits per heavy atom. The standard InChI is InChI=1S/2C17H19NO3.3O.2V/c2*1-3-11(2)16(17(20)21)18-10-14-13-7-5-4-6-12(13)8-9-15(14)19;;;;;/h2*4-11,16,18H,3H2,1-2H3,(H,20,21);;;;;/b2*14-10-;;;;;/t2*11-,16-;;;;;/m00...../s1. The minimum atomic E-state index is -1.30. The van der Waals surface area contributed by atoms with Crippen LogP contribution in [0.25, 0.3) is 23.3 Å². The molecule has 0 spiro atoms. The van der Waals surface area contributed by atoms with Gasteiger partial charge in [-0.05, 0) is 46.2 Å². The van der Waals surface area contributed by atoms with E-state index in [4.69, 9.17) is 0 Å². The molecule has 0 aliphatic heterocycles. The third-order valence-electron chi connectivity index (χ3n) is 7.70. The molecule has 0 heterocycles. The number of hydrogen-bond donors (Lipinski definition) is 4. The summed E-state index contributed by atoms with van der Waals surface area (Å²) >= 11 is -2.61. The Morgan fingerprint density at radius 3 is 1.36 bits per heavy atom. The molecule has 0 aromatic heterocycles. The molecule has 47 heavy (non-hydrogen) atoms. The molecule has 2 aliphatic carbocycles. The summed E-state index contributed by atoms with van der Waals surface area (Å²) in [5.74, 6) is -2.10. The van der Waals surface area contributed by atoms with Crippen LogP contribution in [0, 0.1) is 11.8 Å². The Hall–Kier alpha value is -3.99. The summed E-state index contributed by atoms with van der Waals surface area (Å²) in [5, 5.41) is 24.3. The maximum atomic E-state index is 12.0. The zero-order chi connectivity index (χ0) is 34.9. The number of carboxylic acids is 2. The summed E-state index contributed by atoms with van der Waals surface area (Å²) in [5.41, 5.74) is 4.57. The van der Waals surface area contributed by atoms with Gasteiger partial charge in [0.1, 0.15) is 12.1 Å². The summed E-state index contributed by atoms with van der Waals surface area (Å²) in [7, 11) is 0. The Kier molecular flexibility index (Phi) is 16.9. The normalized spacial score (nSPS) is 16.9. The van der Waals surface area contributed by atoms with Crippen LogP contribution in [0.15, 0.2) is 73.1 Å². The Balaban J connectivity index is 0.000000286. The predicted molar refractivity (Wildman–Crippen MR) is 167 cm³/mol. The molecule has 0 amide bonds. The second-order valence-electron chi connectivity index (χ2n) is 10.7. The number of allylic oxidation sites excluding steroid dienone is 4. The fourth-order valence-electron chi connectivity index (χ4n) is 4.64. The van der Waals surface area contributed by atoms with E-state index in [-0.39, 0.29) is 23.4 Å². The second-order valence-corrected chi connectivity index (χ2v) is 12.4. The van der Waals surface area contributed by atoms with Crippen molar-refractivity contribution in [1.82, 2.24) is 10.6 Å². The summed E-state index contributed by atoms with van der Waals surface area (Å²) in [4.78, 5) is 46.7. The molecule has 2 aromatic rings. The van der Waals surface area contributed by atoms with Crippen LogP contribution in [0.4, 0.5) is 0 Å².